The Bertz CT molecular complexity index is 1730. The number of hydrogen-bond acceptors (Lipinski definition) is 0. The van der Waals surface area contributed by atoms with Gasteiger partial charge in [0.2, 0.25) is 5.69 Å². The first-order valence-electron chi connectivity index (χ1n) is 15.6. The Kier molecular flexibility index (Phi) is 6.34. The summed E-state index contributed by atoms with van der Waals surface area (Å²) in [6.45, 7) is 22.4. The second kappa shape index (κ2) is 9.34. The summed E-state index contributed by atoms with van der Waals surface area (Å²) in [5.41, 5.74) is 9.07. The van der Waals surface area contributed by atoms with Gasteiger partial charge in [-0.1, -0.05) is 71.9 Å². The minimum atomic E-state index is -0.565. The molecule has 1 aromatic heterocycles. The van der Waals surface area contributed by atoms with Crippen molar-refractivity contribution in [2.45, 2.75) is 104 Å². The lowest BCUT2D eigenvalue weighted by Crippen LogP contribution is -2.74. The summed E-state index contributed by atoms with van der Waals surface area (Å²) in [7, 11) is 0. The summed E-state index contributed by atoms with van der Waals surface area (Å²) in [4.78, 5) is 0. The van der Waals surface area contributed by atoms with E-state index in [-0.39, 0.29) is 11.2 Å². The molecular weight excluding hydrogens is 503 g/mol. The van der Waals surface area contributed by atoms with Crippen LogP contribution in [0.1, 0.15) is 103 Å². The highest BCUT2D eigenvalue weighted by molar-refractivity contribution is 6.03. The number of fused-ring (bicyclic) bond motifs is 1. The number of allylic oxidation sites excluding steroid dienone is 2. The second-order valence-electron chi connectivity index (χ2n) is 12.8. The van der Waals surface area contributed by atoms with E-state index < -0.39 is 11.1 Å². The molecule has 0 N–H and O–H groups in total. The molecule has 1 aliphatic carbocycles. The molecule has 2 aromatic carbocycles. The molecule has 3 aromatic rings. The lowest BCUT2D eigenvalue weighted by atomic mass is 9.56. The van der Waals surface area contributed by atoms with E-state index in [1.807, 2.05) is 0 Å². The maximum Gasteiger partial charge on any atom is 0.398 e. The van der Waals surface area contributed by atoms with Crippen molar-refractivity contribution in [3.05, 3.63) is 101 Å². The minimum absolute atomic E-state index is 0.103. The highest BCUT2D eigenvalue weighted by atomic mass is 19.1. The van der Waals surface area contributed by atoms with Gasteiger partial charge in [-0.2, -0.15) is 0 Å². The molecule has 1 atom stereocenters. The normalized spacial score (nSPS) is 22.7. The number of hydrogen-bond donors (Lipinski definition) is 0. The first-order chi connectivity index (χ1) is 19.6. The zero-order valence-corrected chi connectivity index (χ0v) is 26.2. The topological polar surface area (TPSA) is 6.89 Å². The van der Waals surface area contributed by atoms with Crippen LogP contribution in [-0.2, 0) is 22.9 Å². The second-order valence-corrected chi connectivity index (χ2v) is 12.8. The molecule has 1 spiro atoms. The molecule has 6 rings (SSSR count). The van der Waals surface area contributed by atoms with Crippen LogP contribution in [0.4, 0.5) is 4.39 Å². The van der Waals surface area contributed by atoms with Gasteiger partial charge in [-0.05, 0) is 73.7 Å². The van der Waals surface area contributed by atoms with Crippen molar-refractivity contribution in [2.24, 2.45) is 0 Å². The van der Waals surface area contributed by atoms with E-state index in [1.54, 1.807) is 6.07 Å². The number of unbranched alkanes of at least 4 members (excludes halogenated alkanes) is 1. The van der Waals surface area contributed by atoms with Crippen molar-refractivity contribution in [3.8, 4) is 11.3 Å². The maximum atomic E-state index is 16.3. The van der Waals surface area contributed by atoms with Crippen LogP contribution in [0.15, 0.2) is 72.6 Å². The molecule has 41 heavy (non-hydrogen) atoms. The number of pyridine rings is 1. The predicted molar refractivity (Wildman–Crippen MR) is 169 cm³/mol. The molecule has 0 saturated carbocycles. The molecule has 0 fully saturated rings. The summed E-state index contributed by atoms with van der Waals surface area (Å²) in [6, 6.07) is 10.9. The van der Waals surface area contributed by atoms with Crippen LogP contribution in [0.25, 0.3) is 22.0 Å². The van der Waals surface area contributed by atoms with Crippen LogP contribution in [-0.4, -0.2) is 10.3 Å². The van der Waals surface area contributed by atoms with E-state index in [0.717, 1.165) is 54.5 Å². The van der Waals surface area contributed by atoms with Crippen LogP contribution >= 0.6 is 0 Å². The van der Waals surface area contributed by atoms with Gasteiger partial charge in [-0.15, -0.1) is 9.14 Å². The van der Waals surface area contributed by atoms with Gasteiger partial charge in [-0.3, -0.25) is 0 Å². The van der Waals surface area contributed by atoms with Crippen LogP contribution in [0, 0.1) is 5.82 Å². The third-order valence-electron chi connectivity index (χ3n) is 10.8. The lowest BCUT2D eigenvalue weighted by molar-refractivity contribution is -0.908. The summed E-state index contributed by atoms with van der Waals surface area (Å²) >= 11 is 0. The Labute approximate surface area is 245 Å². The van der Waals surface area contributed by atoms with Crippen LogP contribution in [0.5, 0.6) is 0 Å². The number of benzene rings is 2. The zero-order valence-electron chi connectivity index (χ0n) is 26.2. The van der Waals surface area contributed by atoms with Crippen LogP contribution in [0.2, 0.25) is 0 Å². The molecule has 212 valence electrons. The van der Waals surface area contributed by atoms with E-state index in [4.69, 9.17) is 0 Å². The fourth-order valence-electron chi connectivity index (χ4n) is 8.92. The molecule has 3 heteroatoms. The molecular formula is C38H45FN2+2. The van der Waals surface area contributed by atoms with Crippen molar-refractivity contribution in [3.63, 3.8) is 0 Å². The molecule has 2 nitrogen and oxygen atoms in total. The largest absolute Gasteiger partial charge is 0.398 e. The first kappa shape index (κ1) is 27.8. The molecule has 3 aliphatic rings. The number of halogens is 1. The molecule has 0 bridgehead atoms. The zero-order chi connectivity index (χ0) is 29.5. The Morgan fingerprint density at radius 1 is 1.00 bits per heavy atom. The Balaban J connectivity index is 1.91. The van der Waals surface area contributed by atoms with Gasteiger partial charge < -0.3 is 0 Å². The van der Waals surface area contributed by atoms with Gasteiger partial charge in [-0.25, -0.2) is 4.39 Å². The average molecular weight is 549 g/mol. The van der Waals surface area contributed by atoms with Crippen molar-refractivity contribution < 1.29 is 13.5 Å². The van der Waals surface area contributed by atoms with Gasteiger partial charge in [0, 0.05) is 24.0 Å². The minimum Gasteiger partial charge on any atom is -0.207 e. The van der Waals surface area contributed by atoms with Gasteiger partial charge in [0.15, 0.2) is 18.1 Å². The first-order valence-corrected chi connectivity index (χ1v) is 15.6. The molecule has 2 aliphatic heterocycles. The smallest absolute Gasteiger partial charge is 0.207 e. The SMILES string of the molecule is C=C1C(=CC)C2([N+](C=CC)=C1C)[n+]1ccc3cc(CCCC)cc4c3c1-c1c(ccc(F)c1C4(C)C)C2(CC)CC. The third kappa shape index (κ3) is 3.13. The monoisotopic (exact) mass is 548 g/mol. The molecule has 0 radical (unpaired) electrons. The van der Waals surface area contributed by atoms with Gasteiger partial charge >= 0.3 is 5.66 Å². The predicted octanol–water partition coefficient (Wildman–Crippen LogP) is 9.16. The Hall–Kier alpha value is -3.33. The average Bonchev–Trinajstić information content (AvgIpc) is 3.17. The lowest BCUT2D eigenvalue weighted by Gasteiger charge is -2.47. The Morgan fingerprint density at radius 3 is 2.37 bits per heavy atom. The van der Waals surface area contributed by atoms with E-state index >= 15 is 4.39 Å². The highest BCUT2D eigenvalue weighted by Crippen LogP contribution is 2.61. The van der Waals surface area contributed by atoms with Crippen LogP contribution < -0.4 is 4.57 Å². The molecule has 1 unspecified atom stereocenters. The quantitative estimate of drug-likeness (QED) is 0.271. The fraction of sp³-hybridized carbons (Fsp3) is 0.421. The number of aromatic nitrogens is 1. The number of nitrogens with zero attached hydrogens (tertiary/aromatic N) is 2. The molecule has 3 heterocycles. The van der Waals surface area contributed by atoms with Crippen molar-refractivity contribution >= 4 is 16.5 Å². The van der Waals surface area contributed by atoms with Gasteiger partial charge in [0.25, 0.3) is 0 Å². The fourth-order valence-corrected chi connectivity index (χ4v) is 8.92. The summed E-state index contributed by atoms with van der Waals surface area (Å²) in [5.74, 6) is -0.103. The van der Waals surface area contributed by atoms with E-state index in [0.29, 0.717) is 0 Å². The Morgan fingerprint density at radius 2 is 1.73 bits per heavy atom. The molecule has 0 amide bonds. The standard InChI is InChI=1S/C38H45FN2/c1-10-15-16-26-22-27-19-21-41-35-32(27)30(23-26)36(8,9)34-31(39)18-17-29(33(34)35)37(13-4,14-5)38(41)28(12-3)24(6)25(7)40(38)20-11-2/h11-12,17-23H,6,10,13-16H2,1-5,7-9H3/q+2. The van der Waals surface area contributed by atoms with E-state index in [9.17, 15) is 0 Å². The molecule has 0 saturated heterocycles. The van der Waals surface area contributed by atoms with Crippen molar-refractivity contribution in [1.82, 2.24) is 0 Å². The summed E-state index contributed by atoms with van der Waals surface area (Å²) in [5, 5.41) is 2.52. The van der Waals surface area contributed by atoms with E-state index in [1.165, 1.54) is 38.7 Å². The summed E-state index contributed by atoms with van der Waals surface area (Å²) < 4.78 is 21.3. The summed E-state index contributed by atoms with van der Waals surface area (Å²) in [6.07, 6.45) is 14.1. The third-order valence-corrected chi connectivity index (χ3v) is 10.8. The number of aryl methyl sites for hydroxylation is 1. The van der Waals surface area contributed by atoms with Crippen LogP contribution in [0.3, 0.4) is 0 Å². The van der Waals surface area contributed by atoms with E-state index in [2.05, 4.69) is 120 Å². The van der Waals surface area contributed by atoms with Crippen molar-refractivity contribution in [2.75, 3.05) is 0 Å². The van der Waals surface area contributed by atoms with Crippen molar-refractivity contribution in [1.29, 1.82) is 0 Å². The van der Waals surface area contributed by atoms with Gasteiger partial charge in [0.05, 0.1) is 16.5 Å². The highest BCUT2D eigenvalue weighted by Gasteiger charge is 2.76. The maximum absolute atomic E-state index is 16.3. The van der Waals surface area contributed by atoms with Gasteiger partial charge in [0.1, 0.15) is 16.8 Å². The number of rotatable bonds is 6.